The summed E-state index contributed by atoms with van der Waals surface area (Å²) >= 11 is 0. The third kappa shape index (κ3) is 4.39. The topological polar surface area (TPSA) is 122 Å². The van der Waals surface area contributed by atoms with Gasteiger partial charge in [-0.05, 0) is 55.5 Å². The van der Waals surface area contributed by atoms with Crippen LogP contribution in [-0.2, 0) is 0 Å². The molecule has 1 aromatic heterocycles. The minimum absolute atomic E-state index is 0.0310. The number of Topliss-reactive ketones (excluding diaryl/α,β-unsaturated/α-hetero) is 1. The van der Waals surface area contributed by atoms with E-state index in [1.54, 1.807) is 24.3 Å². The van der Waals surface area contributed by atoms with Gasteiger partial charge in [-0.2, -0.15) is 0 Å². The van der Waals surface area contributed by atoms with Crippen molar-refractivity contribution in [3.05, 3.63) is 71.8 Å². The Bertz CT molecular complexity index is 1010. The number of nitrogen functional groups attached to an aromatic ring is 1. The fourth-order valence-electron chi connectivity index (χ4n) is 2.31. The molecule has 0 saturated carbocycles. The number of hydrazine groups is 1. The van der Waals surface area contributed by atoms with Crippen LogP contribution in [0.5, 0.6) is 0 Å². The number of carbonyl (C=O) groups excluding carboxylic acids is 2. The lowest BCUT2D eigenvalue weighted by molar-refractivity contribution is 0.0961. The van der Waals surface area contributed by atoms with Gasteiger partial charge in [0.2, 0.25) is 0 Å². The van der Waals surface area contributed by atoms with E-state index >= 15 is 0 Å². The second-order valence-electron chi connectivity index (χ2n) is 5.83. The van der Waals surface area contributed by atoms with Gasteiger partial charge in [-0.15, -0.1) is 0 Å². The van der Waals surface area contributed by atoms with Crippen molar-refractivity contribution in [1.82, 2.24) is 15.4 Å². The minimum atomic E-state index is -0.479. The molecule has 2 aromatic carbocycles. The number of anilines is 4. The number of rotatable bonds is 6. The quantitative estimate of drug-likeness (QED) is 0.383. The third-order valence-corrected chi connectivity index (χ3v) is 3.84. The van der Waals surface area contributed by atoms with Crippen LogP contribution in [0.1, 0.15) is 27.6 Å². The van der Waals surface area contributed by atoms with Crippen molar-refractivity contribution in [2.75, 3.05) is 16.5 Å². The summed E-state index contributed by atoms with van der Waals surface area (Å²) in [6.07, 6.45) is 1.27. The van der Waals surface area contributed by atoms with Crippen LogP contribution in [0, 0.1) is 5.82 Å². The highest BCUT2D eigenvalue weighted by molar-refractivity contribution is 5.95. The predicted octanol–water partition coefficient (Wildman–Crippen LogP) is 2.90. The largest absolute Gasteiger partial charge is 0.393 e. The van der Waals surface area contributed by atoms with E-state index in [0.29, 0.717) is 17.1 Å². The second-order valence-corrected chi connectivity index (χ2v) is 5.83. The molecule has 0 spiro atoms. The van der Waals surface area contributed by atoms with E-state index in [2.05, 4.69) is 26.1 Å². The maximum atomic E-state index is 12.9. The molecule has 28 heavy (non-hydrogen) atoms. The number of hydrogen-bond donors (Lipinski definition) is 4. The lowest BCUT2D eigenvalue weighted by atomic mass is 10.1. The molecule has 142 valence electrons. The van der Waals surface area contributed by atoms with Gasteiger partial charge in [-0.1, -0.05) is 0 Å². The lowest BCUT2D eigenvalue weighted by Gasteiger charge is -2.13. The number of aromatic nitrogens is 2. The average molecular weight is 380 g/mol. The van der Waals surface area contributed by atoms with E-state index in [1.807, 2.05) is 0 Å². The molecule has 0 saturated heterocycles. The Morgan fingerprint density at radius 1 is 0.929 bits per heavy atom. The molecule has 0 radical (unpaired) electrons. The van der Waals surface area contributed by atoms with Crippen molar-refractivity contribution < 1.29 is 14.0 Å². The molecule has 1 amide bonds. The molecule has 0 fully saturated rings. The van der Waals surface area contributed by atoms with Gasteiger partial charge in [-0.3, -0.25) is 20.4 Å². The molecule has 3 aromatic rings. The summed E-state index contributed by atoms with van der Waals surface area (Å²) < 4.78 is 12.9. The summed E-state index contributed by atoms with van der Waals surface area (Å²) in [5.74, 6) is -0.433. The molecule has 5 N–H and O–H groups in total. The van der Waals surface area contributed by atoms with Gasteiger partial charge < -0.3 is 11.1 Å². The summed E-state index contributed by atoms with van der Waals surface area (Å²) in [7, 11) is 0. The predicted molar refractivity (Wildman–Crippen MR) is 104 cm³/mol. The van der Waals surface area contributed by atoms with Crippen molar-refractivity contribution >= 4 is 34.7 Å². The van der Waals surface area contributed by atoms with Gasteiger partial charge in [0.1, 0.15) is 17.8 Å². The summed E-state index contributed by atoms with van der Waals surface area (Å²) in [6, 6.07) is 11.9. The van der Waals surface area contributed by atoms with Crippen molar-refractivity contribution in [2.24, 2.45) is 0 Å². The number of nitrogens with two attached hydrogens (primary N) is 1. The highest BCUT2D eigenvalue weighted by Gasteiger charge is 2.11. The van der Waals surface area contributed by atoms with Gasteiger partial charge in [-0.25, -0.2) is 14.4 Å². The lowest BCUT2D eigenvalue weighted by Crippen LogP contribution is -2.30. The van der Waals surface area contributed by atoms with E-state index in [9.17, 15) is 14.0 Å². The zero-order valence-electron chi connectivity index (χ0n) is 14.9. The highest BCUT2D eigenvalue weighted by atomic mass is 19.1. The minimum Gasteiger partial charge on any atom is -0.393 e. The van der Waals surface area contributed by atoms with Crippen molar-refractivity contribution in [3.63, 3.8) is 0 Å². The van der Waals surface area contributed by atoms with E-state index in [-0.39, 0.29) is 22.9 Å². The van der Waals surface area contributed by atoms with Crippen LogP contribution in [-0.4, -0.2) is 21.7 Å². The number of benzene rings is 2. The van der Waals surface area contributed by atoms with Crippen LogP contribution < -0.4 is 21.9 Å². The Kier molecular flexibility index (Phi) is 5.45. The molecule has 0 aliphatic carbocycles. The van der Waals surface area contributed by atoms with Crippen LogP contribution >= 0.6 is 0 Å². The monoisotopic (exact) mass is 380 g/mol. The first kappa shape index (κ1) is 18.8. The van der Waals surface area contributed by atoms with Gasteiger partial charge in [0.25, 0.3) is 5.91 Å². The zero-order chi connectivity index (χ0) is 20.1. The number of halogens is 1. The van der Waals surface area contributed by atoms with Crippen molar-refractivity contribution in [3.8, 4) is 0 Å². The fourth-order valence-corrected chi connectivity index (χ4v) is 2.31. The number of nitrogens with zero attached hydrogens (tertiary/aromatic N) is 2. The van der Waals surface area contributed by atoms with Crippen LogP contribution in [0.25, 0.3) is 0 Å². The summed E-state index contributed by atoms with van der Waals surface area (Å²) in [5.41, 5.74) is 12.8. The highest BCUT2D eigenvalue weighted by Crippen LogP contribution is 2.25. The normalized spacial score (nSPS) is 10.2. The zero-order valence-corrected chi connectivity index (χ0v) is 14.9. The number of hydrogen-bond acceptors (Lipinski definition) is 7. The third-order valence-electron chi connectivity index (χ3n) is 3.84. The maximum Gasteiger partial charge on any atom is 0.269 e. The molecule has 0 aliphatic rings. The van der Waals surface area contributed by atoms with Gasteiger partial charge in [0.15, 0.2) is 17.4 Å². The van der Waals surface area contributed by atoms with E-state index < -0.39 is 11.7 Å². The van der Waals surface area contributed by atoms with Crippen molar-refractivity contribution in [1.29, 1.82) is 0 Å². The first-order valence-electron chi connectivity index (χ1n) is 8.24. The molecular formula is C19H17FN6O2. The molecule has 1 heterocycles. The first-order valence-corrected chi connectivity index (χ1v) is 8.24. The van der Waals surface area contributed by atoms with E-state index in [4.69, 9.17) is 5.73 Å². The number of ketones is 1. The van der Waals surface area contributed by atoms with Crippen molar-refractivity contribution in [2.45, 2.75) is 6.92 Å². The average Bonchev–Trinajstić information content (AvgIpc) is 2.69. The maximum absolute atomic E-state index is 12.9. The Morgan fingerprint density at radius 2 is 1.54 bits per heavy atom. The standard InChI is InChI=1S/C19H17FN6O2/c1-11(27)12-4-8-15(9-5-12)24-17-16(21)18(23-10-22-17)25-26-19(28)13-2-6-14(20)7-3-13/h2-10H,21H2,1H3,(H,26,28)(H2,22,23,24,25). The Balaban J connectivity index is 1.69. The Hall–Kier alpha value is -4.01. The van der Waals surface area contributed by atoms with E-state index in [0.717, 1.165) is 0 Å². The fraction of sp³-hybridized carbons (Fsp3) is 0.0526. The first-order chi connectivity index (χ1) is 13.4. The van der Waals surface area contributed by atoms with Gasteiger partial charge in [0.05, 0.1) is 0 Å². The van der Waals surface area contributed by atoms with Crippen LogP contribution in [0.2, 0.25) is 0 Å². The molecule has 0 bridgehead atoms. The van der Waals surface area contributed by atoms with Gasteiger partial charge >= 0.3 is 0 Å². The number of amides is 1. The molecule has 0 aliphatic heterocycles. The van der Waals surface area contributed by atoms with E-state index in [1.165, 1.54) is 37.5 Å². The second kappa shape index (κ2) is 8.12. The molecule has 0 unspecified atom stereocenters. The SMILES string of the molecule is CC(=O)c1ccc(Nc2ncnc(NNC(=O)c3ccc(F)cc3)c2N)cc1. The Labute approximate surface area is 160 Å². The molecule has 0 atom stereocenters. The smallest absolute Gasteiger partial charge is 0.269 e. The van der Waals surface area contributed by atoms with Crippen LogP contribution in [0.3, 0.4) is 0 Å². The van der Waals surface area contributed by atoms with Gasteiger partial charge in [0, 0.05) is 16.8 Å². The molecule has 8 nitrogen and oxygen atoms in total. The summed E-state index contributed by atoms with van der Waals surface area (Å²) in [4.78, 5) is 31.5. The summed E-state index contributed by atoms with van der Waals surface area (Å²) in [5, 5.41) is 3.02. The number of nitrogens with one attached hydrogen (secondary N) is 3. The molecule has 9 heteroatoms. The molecule has 3 rings (SSSR count). The van der Waals surface area contributed by atoms with Crippen LogP contribution in [0.15, 0.2) is 54.9 Å². The summed E-state index contributed by atoms with van der Waals surface area (Å²) in [6.45, 7) is 1.49. The number of carbonyl (C=O) groups is 2. The van der Waals surface area contributed by atoms with Crippen LogP contribution in [0.4, 0.5) is 27.4 Å². The Morgan fingerprint density at radius 3 is 2.18 bits per heavy atom. The molecular weight excluding hydrogens is 363 g/mol.